The van der Waals surface area contributed by atoms with E-state index in [0.717, 1.165) is 16.7 Å². The van der Waals surface area contributed by atoms with Gasteiger partial charge in [-0.05, 0) is 35.4 Å². The highest BCUT2D eigenvalue weighted by Crippen LogP contribution is 2.51. The van der Waals surface area contributed by atoms with E-state index in [1.165, 1.54) is 0 Å². The fraction of sp³-hybridized carbons (Fsp3) is 0.400. The van der Waals surface area contributed by atoms with Gasteiger partial charge in [0, 0.05) is 6.42 Å². The van der Waals surface area contributed by atoms with Crippen LogP contribution in [0, 0.1) is 0 Å². The van der Waals surface area contributed by atoms with E-state index in [0.29, 0.717) is 12.8 Å². The largest absolute Gasteiger partial charge is 0.386 e. The lowest BCUT2D eigenvalue weighted by atomic mass is 9.58. The van der Waals surface area contributed by atoms with Gasteiger partial charge < -0.3 is 10.2 Å². The fourth-order valence-electron chi connectivity index (χ4n) is 3.92. The Bertz CT molecular complexity index is 673. The van der Waals surface area contributed by atoms with Gasteiger partial charge in [0.05, 0.1) is 0 Å². The quantitative estimate of drug-likeness (QED) is 0.890. The molecule has 0 bridgehead atoms. The third-order valence-corrected chi connectivity index (χ3v) is 5.16. The Balaban J connectivity index is 2.10. The molecule has 0 aromatic heterocycles. The fourth-order valence-corrected chi connectivity index (χ4v) is 3.92. The molecule has 2 N–H and O–H groups in total. The Hall–Kier alpha value is -1.64. The lowest BCUT2D eigenvalue weighted by molar-refractivity contribution is -0.168. The number of benzene rings is 2. The summed E-state index contributed by atoms with van der Waals surface area (Å²) >= 11 is 0. The van der Waals surface area contributed by atoms with Crippen molar-refractivity contribution in [1.29, 1.82) is 0 Å². The van der Waals surface area contributed by atoms with Crippen LogP contribution in [0.2, 0.25) is 0 Å². The van der Waals surface area contributed by atoms with Crippen molar-refractivity contribution in [3.8, 4) is 0 Å². The summed E-state index contributed by atoms with van der Waals surface area (Å²) in [5.74, 6) is 0. The molecule has 1 aliphatic rings. The maximum absolute atomic E-state index is 11.4. The van der Waals surface area contributed by atoms with Crippen molar-refractivity contribution in [2.75, 3.05) is 0 Å². The Labute approximate surface area is 132 Å². The zero-order valence-electron chi connectivity index (χ0n) is 13.5. The minimum Gasteiger partial charge on any atom is -0.386 e. The second-order valence-electron chi connectivity index (χ2n) is 7.37. The normalized spacial score (nSPS) is 29.9. The molecule has 0 aliphatic heterocycles. The lowest BCUT2D eigenvalue weighted by Crippen LogP contribution is -2.58. The van der Waals surface area contributed by atoms with Crippen molar-refractivity contribution in [2.24, 2.45) is 0 Å². The lowest BCUT2D eigenvalue weighted by Gasteiger charge is -2.52. The minimum atomic E-state index is -1.27. The standard InChI is InChI=1S/C20H24O2/c1-18(2)14-20(22,13-15-9-5-4-6-10-15)19(3,21)17-12-8-7-11-16(17)18/h4-12,21-22H,13-14H2,1-3H3. The van der Waals surface area contributed by atoms with E-state index >= 15 is 0 Å². The molecule has 2 aromatic carbocycles. The van der Waals surface area contributed by atoms with Crippen LogP contribution in [0.5, 0.6) is 0 Å². The summed E-state index contributed by atoms with van der Waals surface area (Å²) in [5, 5.41) is 22.6. The zero-order chi connectivity index (χ0) is 16.0. The van der Waals surface area contributed by atoms with Crippen molar-refractivity contribution in [3.63, 3.8) is 0 Å². The van der Waals surface area contributed by atoms with Crippen LogP contribution in [0.1, 0.15) is 43.9 Å². The molecule has 1 aliphatic carbocycles. The van der Waals surface area contributed by atoms with Gasteiger partial charge in [0.25, 0.3) is 0 Å². The highest BCUT2D eigenvalue weighted by Gasteiger charge is 2.55. The highest BCUT2D eigenvalue weighted by molar-refractivity contribution is 5.43. The average Bonchev–Trinajstić information content (AvgIpc) is 2.46. The number of hydrogen-bond acceptors (Lipinski definition) is 2. The van der Waals surface area contributed by atoms with Crippen LogP contribution in [0.25, 0.3) is 0 Å². The summed E-state index contributed by atoms with van der Waals surface area (Å²) < 4.78 is 0. The first-order valence-electron chi connectivity index (χ1n) is 7.85. The smallest absolute Gasteiger partial charge is 0.116 e. The van der Waals surface area contributed by atoms with Crippen LogP contribution in [0.3, 0.4) is 0 Å². The van der Waals surface area contributed by atoms with Crippen molar-refractivity contribution < 1.29 is 10.2 Å². The summed E-state index contributed by atoms with van der Waals surface area (Å²) in [6.07, 6.45) is 0.970. The first-order valence-corrected chi connectivity index (χ1v) is 7.85. The molecule has 22 heavy (non-hydrogen) atoms. The molecule has 0 saturated heterocycles. The van der Waals surface area contributed by atoms with Gasteiger partial charge in [-0.15, -0.1) is 0 Å². The van der Waals surface area contributed by atoms with Gasteiger partial charge >= 0.3 is 0 Å². The van der Waals surface area contributed by atoms with Crippen molar-refractivity contribution >= 4 is 0 Å². The van der Waals surface area contributed by atoms with E-state index < -0.39 is 11.2 Å². The molecule has 2 nitrogen and oxygen atoms in total. The van der Waals surface area contributed by atoms with E-state index in [1.54, 1.807) is 6.92 Å². The maximum atomic E-state index is 11.4. The first-order chi connectivity index (χ1) is 10.3. The molecule has 0 amide bonds. The van der Waals surface area contributed by atoms with E-state index in [2.05, 4.69) is 19.9 Å². The topological polar surface area (TPSA) is 40.5 Å². The molecule has 2 atom stereocenters. The average molecular weight is 296 g/mol. The Morgan fingerprint density at radius 1 is 0.818 bits per heavy atom. The van der Waals surface area contributed by atoms with Gasteiger partial charge in [0.1, 0.15) is 11.2 Å². The number of fused-ring (bicyclic) bond motifs is 1. The number of aliphatic hydroxyl groups is 2. The van der Waals surface area contributed by atoms with Crippen LogP contribution in [0.15, 0.2) is 54.6 Å². The molecule has 0 saturated carbocycles. The number of hydrogen-bond donors (Lipinski definition) is 2. The maximum Gasteiger partial charge on any atom is 0.116 e. The highest BCUT2D eigenvalue weighted by atomic mass is 16.4. The SMILES string of the molecule is CC1(C)CC(O)(Cc2ccccc2)C(C)(O)c2ccccc21. The zero-order valence-corrected chi connectivity index (χ0v) is 13.5. The molecule has 2 unspecified atom stereocenters. The molecule has 116 valence electrons. The molecule has 0 radical (unpaired) electrons. The van der Waals surface area contributed by atoms with E-state index in [4.69, 9.17) is 0 Å². The van der Waals surface area contributed by atoms with Crippen LogP contribution < -0.4 is 0 Å². The third-order valence-electron chi connectivity index (χ3n) is 5.16. The Morgan fingerprint density at radius 3 is 2.00 bits per heavy atom. The van der Waals surface area contributed by atoms with Crippen LogP contribution in [0.4, 0.5) is 0 Å². The van der Waals surface area contributed by atoms with Gasteiger partial charge in [-0.2, -0.15) is 0 Å². The molecule has 3 rings (SSSR count). The third kappa shape index (κ3) is 2.27. The predicted molar refractivity (Wildman–Crippen MR) is 88.8 cm³/mol. The molecule has 2 heteroatoms. The Kier molecular flexibility index (Phi) is 3.42. The van der Waals surface area contributed by atoms with Crippen molar-refractivity contribution in [1.82, 2.24) is 0 Å². The molecular weight excluding hydrogens is 272 g/mol. The van der Waals surface area contributed by atoms with E-state index in [1.807, 2.05) is 48.5 Å². The summed E-state index contributed by atoms with van der Waals surface area (Å²) in [6, 6.07) is 17.8. The van der Waals surface area contributed by atoms with Crippen LogP contribution in [-0.2, 0) is 17.4 Å². The van der Waals surface area contributed by atoms with Gasteiger partial charge in [0.15, 0.2) is 0 Å². The summed E-state index contributed by atoms with van der Waals surface area (Å²) in [4.78, 5) is 0. The van der Waals surface area contributed by atoms with E-state index in [-0.39, 0.29) is 5.41 Å². The molecule has 0 heterocycles. The van der Waals surface area contributed by atoms with Gasteiger partial charge in [0.2, 0.25) is 0 Å². The van der Waals surface area contributed by atoms with Gasteiger partial charge in [-0.3, -0.25) is 0 Å². The summed E-state index contributed by atoms with van der Waals surface area (Å²) in [6.45, 7) is 6.01. The van der Waals surface area contributed by atoms with E-state index in [9.17, 15) is 10.2 Å². The first kappa shape index (κ1) is 15.3. The molecule has 2 aromatic rings. The van der Waals surface area contributed by atoms with Crippen molar-refractivity contribution in [2.45, 2.75) is 50.2 Å². The summed E-state index contributed by atoms with van der Waals surface area (Å²) in [7, 11) is 0. The van der Waals surface area contributed by atoms with Gasteiger partial charge in [-0.1, -0.05) is 68.4 Å². The van der Waals surface area contributed by atoms with Gasteiger partial charge in [-0.25, -0.2) is 0 Å². The second-order valence-corrected chi connectivity index (χ2v) is 7.37. The second kappa shape index (κ2) is 4.94. The Morgan fingerprint density at radius 2 is 1.36 bits per heavy atom. The molecule has 0 fully saturated rings. The monoisotopic (exact) mass is 296 g/mol. The molecular formula is C20H24O2. The number of rotatable bonds is 2. The summed E-state index contributed by atoms with van der Waals surface area (Å²) in [5.41, 5.74) is 0.367. The van der Waals surface area contributed by atoms with Crippen molar-refractivity contribution in [3.05, 3.63) is 71.3 Å². The van der Waals surface area contributed by atoms with Crippen LogP contribution in [-0.4, -0.2) is 15.8 Å². The molecule has 0 spiro atoms. The minimum absolute atomic E-state index is 0.178. The van der Waals surface area contributed by atoms with Crippen LogP contribution >= 0.6 is 0 Å². The predicted octanol–water partition coefficient (Wildman–Crippen LogP) is 3.55.